The van der Waals surface area contributed by atoms with Crippen molar-refractivity contribution >= 4 is 11.5 Å². The highest BCUT2D eigenvalue weighted by Gasteiger charge is 2.25. The SMILES string of the molecule is Cc1ccc(Cn2cnc(N3CC=C(c4ccc(F)cc4)C(F)C3)nc2=O)cc1. The van der Waals surface area contributed by atoms with Crippen LogP contribution in [0.25, 0.3) is 5.57 Å². The van der Waals surface area contributed by atoms with Crippen LogP contribution in [0.2, 0.25) is 0 Å². The fraction of sp³-hybridized carbons (Fsp3) is 0.227. The van der Waals surface area contributed by atoms with E-state index in [1.807, 2.05) is 31.2 Å². The van der Waals surface area contributed by atoms with Crippen molar-refractivity contribution in [3.05, 3.63) is 93.9 Å². The minimum absolute atomic E-state index is 0.0324. The van der Waals surface area contributed by atoms with Gasteiger partial charge in [-0.2, -0.15) is 4.98 Å². The third kappa shape index (κ3) is 4.23. The van der Waals surface area contributed by atoms with Crippen molar-refractivity contribution in [2.75, 3.05) is 18.0 Å². The lowest BCUT2D eigenvalue weighted by molar-refractivity contribution is 0.403. The van der Waals surface area contributed by atoms with Gasteiger partial charge in [-0.05, 0) is 35.8 Å². The molecule has 0 N–H and O–H groups in total. The summed E-state index contributed by atoms with van der Waals surface area (Å²) in [6.07, 6.45) is 1.88. The predicted molar refractivity (Wildman–Crippen MR) is 108 cm³/mol. The summed E-state index contributed by atoms with van der Waals surface area (Å²) in [5.41, 5.74) is 2.84. The van der Waals surface area contributed by atoms with Crippen molar-refractivity contribution in [3.63, 3.8) is 0 Å². The average molecular weight is 394 g/mol. The zero-order valence-electron chi connectivity index (χ0n) is 15.9. The Balaban J connectivity index is 1.50. The summed E-state index contributed by atoms with van der Waals surface area (Å²) < 4.78 is 29.2. The molecular weight excluding hydrogens is 374 g/mol. The maximum Gasteiger partial charge on any atom is 0.352 e. The zero-order valence-corrected chi connectivity index (χ0v) is 15.9. The van der Waals surface area contributed by atoms with Crippen molar-refractivity contribution in [2.24, 2.45) is 0 Å². The van der Waals surface area contributed by atoms with Gasteiger partial charge in [0.25, 0.3) is 0 Å². The predicted octanol–water partition coefficient (Wildman–Crippen LogP) is 3.38. The van der Waals surface area contributed by atoms with Crippen molar-refractivity contribution in [1.82, 2.24) is 14.5 Å². The molecule has 5 nitrogen and oxygen atoms in total. The summed E-state index contributed by atoms with van der Waals surface area (Å²) in [7, 11) is 0. The maximum atomic E-state index is 14.7. The third-order valence-corrected chi connectivity index (χ3v) is 4.94. The van der Waals surface area contributed by atoms with Gasteiger partial charge in [-0.3, -0.25) is 4.57 Å². The van der Waals surface area contributed by atoms with Crippen molar-refractivity contribution in [2.45, 2.75) is 19.6 Å². The molecule has 0 amide bonds. The second-order valence-corrected chi connectivity index (χ2v) is 7.09. The standard InChI is InChI=1S/C22H20F2N4O/c1-15-2-4-16(5-3-15)12-28-14-25-21(26-22(28)29)27-11-10-19(20(24)13-27)17-6-8-18(23)9-7-17/h2-10,14,20H,11-13H2,1H3. The van der Waals surface area contributed by atoms with Crippen LogP contribution in [0.1, 0.15) is 16.7 Å². The fourth-order valence-corrected chi connectivity index (χ4v) is 3.31. The van der Waals surface area contributed by atoms with Gasteiger partial charge >= 0.3 is 5.69 Å². The lowest BCUT2D eigenvalue weighted by Crippen LogP contribution is -2.38. The first-order valence-corrected chi connectivity index (χ1v) is 9.33. The Morgan fingerprint density at radius 3 is 2.48 bits per heavy atom. The first-order valence-electron chi connectivity index (χ1n) is 9.33. The highest BCUT2D eigenvalue weighted by Crippen LogP contribution is 2.26. The molecule has 4 rings (SSSR count). The number of rotatable bonds is 4. The van der Waals surface area contributed by atoms with Crippen LogP contribution in [-0.4, -0.2) is 33.8 Å². The van der Waals surface area contributed by atoms with E-state index in [1.54, 1.807) is 23.1 Å². The van der Waals surface area contributed by atoms with Crippen LogP contribution in [0.5, 0.6) is 0 Å². The Labute approximate surface area is 167 Å². The molecule has 0 spiro atoms. The number of benzene rings is 2. The molecule has 7 heteroatoms. The summed E-state index contributed by atoms with van der Waals surface area (Å²) in [6, 6.07) is 13.6. The number of halogens is 2. The minimum Gasteiger partial charge on any atom is -0.334 e. The molecule has 0 saturated carbocycles. The van der Waals surface area contributed by atoms with E-state index < -0.39 is 11.9 Å². The summed E-state index contributed by atoms with van der Waals surface area (Å²) in [4.78, 5) is 22.3. The van der Waals surface area contributed by atoms with Crippen LogP contribution >= 0.6 is 0 Å². The van der Waals surface area contributed by atoms with Crippen LogP contribution in [0.4, 0.5) is 14.7 Å². The number of hydrogen-bond donors (Lipinski definition) is 0. The smallest absolute Gasteiger partial charge is 0.334 e. The Hall–Kier alpha value is -3.35. The first-order chi connectivity index (χ1) is 14.0. The summed E-state index contributed by atoms with van der Waals surface area (Å²) in [5, 5.41) is 0. The molecule has 1 aliphatic heterocycles. The lowest BCUT2D eigenvalue weighted by atomic mass is 9.98. The van der Waals surface area contributed by atoms with Crippen LogP contribution in [-0.2, 0) is 6.54 Å². The van der Waals surface area contributed by atoms with Crippen molar-refractivity contribution in [1.29, 1.82) is 0 Å². The van der Waals surface area contributed by atoms with Crippen LogP contribution in [0.15, 0.2) is 65.7 Å². The summed E-state index contributed by atoms with van der Waals surface area (Å²) >= 11 is 0. The van der Waals surface area contributed by atoms with Gasteiger partial charge in [0.1, 0.15) is 18.3 Å². The molecule has 0 aliphatic carbocycles. The lowest BCUT2D eigenvalue weighted by Gasteiger charge is -2.29. The molecule has 3 aromatic rings. The molecule has 29 heavy (non-hydrogen) atoms. The van der Waals surface area contributed by atoms with Crippen LogP contribution in [0, 0.1) is 12.7 Å². The van der Waals surface area contributed by atoms with Crippen LogP contribution in [0.3, 0.4) is 0 Å². The van der Waals surface area contributed by atoms with E-state index in [0.717, 1.165) is 11.1 Å². The van der Waals surface area contributed by atoms with Gasteiger partial charge in [0.05, 0.1) is 13.1 Å². The molecule has 148 valence electrons. The topological polar surface area (TPSA) is 51.0 Å². The average Bonchev–Trinajstić information content (AvgIpc) is 2.72. The molecule has 0 saturated heterocycles. The Morgan fingerprint density at radius 1 is 1.10 bits per heavy atom. The molecule has 1 unspecified atom stereocenters. The first kappa shape index (κ1) is 19.0. The Bertz CT molecular complexity index is 1090. The highest BCUT2D eigenvalue weighted by atomic mass is 19.1. The van der Waals surface area contributed by atoms with Gasteiger partial charge in [-0.1, -0.05) is 48.0 Å². The second kappa shape index (κ2) is 7.95. The molecule has 2 heterocycles. The number of aromatic nitrogens is 3. The van der Waals surface area contributed by atoms with E-state index in [-0.39, 0.29) is 18.3 Å². The number of hydrogen-bond acceptors (Lipinski definition) is 4. The van der Waals surface area contributed by atoms with E-state index in [1.165, 1.54) is 23.0 Å². The minimum atomic E-state index is -1.28. The maximum absolute atomic E-state index is 14.7. The largest absolute Gasteiger partial charge is 0.352 e. The number of nitrogens with zero attached hydrogens (tertiary/aromatic N) is 4. The van der Waals surface area contributed by atoms with Crippen LogP contribution < -0.4 is 10.6 Å². The van der Waals surface area contributed by atoms with Crippen molar-refractivity contribution in [3.8, 4) is 0 Å². The molecule has 1 aliphatic rings. The molecule has 0 fully saturated rings. The quantitative estimate of drug-likeness (QED) is 0.681. The Morgan fingerprint density at radius 2 is 1.83 bits per heavy atom. The van der Waals surface area contributed by atoms with E-state index >= 15 is 0 Å². The van der Waals surface area contributed by atoms with E-state index in [0.29, 0.717) is 24.2 Å². The number of aryl methyl sites for hydroxylation is 1. The summed E-state index contributed by atoms with van der Waals surface area (Å²) in [6.45, 7) is 2.78. The van der Waals surface area contributed by atoms with E-state index in [9.17, 15) is 13.6 Å². The van der Waals surface area contributed by atoms with Crippen molar-refractivity contribution < 1.29 is 8.78 Å². The molecule has 0 bridgehead atoms. The Kier molecular flexibility index (Phi) is 5.20. The van der Waals surface area contributed by atoms with E-state index in [4.69, 9.17) is 0 Å². The second-order valence-electron chi connectivity index (χ2n) is 7.09. The molecule has 2 aromatic carbocycles. The number of anilines is 1. The van der Waals surface area contributed by atoms with E-state index in [2.05, 4.69) is 9.97 Å². The molecule has 1 atom stereocenters. The van der Waals surface area contributed by atoms with Gasteiger partial charge in [-0.25, -0.2) is 18.6 Å². The van der Waals surface area contributed by atoms with Gasteiger partial charge in [0.15, 0.2) is 0 Å². The van der Waals surface area contributed by atoms with Gasteiger partial charge in [0, 0.05) is 6.54 Å². The summed E-state index contributed by atoms with van der Waals surface area (Å²) in [5.74, 6) is -0.158. The fourth-order valence-electron chi connectivity index (χ4n) is 3.31. The number of alkyl halides is 1. The normalized spacial score (nSPS) is 16.6. The molecular formula is C22H20F2N4O. The van der Waals surface area contributed by atoms with Gasteiger partial charge in [0.2, 0.25) is 5.95 Å². The molecule has 0 radical (unpaired) electrons. The van der Waals surface area contributed by atoms with Gasteiger partial charge < -0.3 is 4.90 Å². The highest BCUT2D eigenvalue weighted by molar-refractivity contribution is 5.71. The third-order valence-electron chi connectivity index (χ3n) is 4.94. The van der Waals surface area contributed by atoms with Gasteiger partial charge in [-0.15, -0.1) is 0 Å². The monoisotopic (exact) mass is 394 g/mol. The zero-order chi connectivity index (χ0) is 20.4. The molecule has 1 aromatic heterocycles.